The van der Waals surface area contributed by atoms with Gasteiger partial charge in [0.1, 0.15) is 0 Å². The van der Waals surface area contributed by atoms with Crippen LogP contribution in [0.15, 0.2) is 23.0 Å². The summed E-state index contributed by atoms with van der Waals surface area (Å²) in [6.45, 7) is 3.25. The van der Waals surface area contributed by atoms with E-state index < -0.39 is 0 Å². The molecule has 1 atom stereocenters. The van der Waals surface area contributed by atoms with Crippen LogP contribution in [0.3, 0.4) is 0 Å². The molecule has 6 heteroatoms. The van der Waals surface area contributed by atoms with Crippen LogP contribution in [0.4, 0.5) is 4.79 Å². The Morgan fingerprint density at radius 2 is 2.37 bits per heavy atom. The lowest BCUT2D eigenvalue weighted by Crippen LogP contribution is -2.51. The normalized spacial score (nSPS) is 19.0. The second kappa shape index (κ2) is 6.26. The molecule has 2 heterocycles. The molecule has 1 aliphatic rings. The zero-order chi connectivity index (χ0) is 13.7. The Morgan fingerprint density at radius 3 is 3.05 bits per heavy atom. The smallest absolute Gasteiger partial charge is 0.317 e. The molecule has 19 heavy (non-hydrogen) atoms. The summed E-state index contributed by atoms with van der Waals surface area (Å²) in [6, 6.07) is 1.78. The van der Waals surface area contributed by atoms with Gasteiger partial charge in [0.2, 0.25) is 5.91 Å². The SMILES string of the molecule is CC(=O)N[C@@H]1CCCN(C(=O)NCc2ccoc2)C1. The van der Waals surface area contributed by atoms with Crippen LogP contribution in [0.1, 0.15) is 25.3 Å². The van der Waals surface area contributed by atoms with Crippen LogP contribution in [0, 0.1) is 0 Å². The van der Waals surface area contributed by atoms with E-state index in [1.807, 2.05) is 6.07 Å². The molecule has 0 aliphatic carbocycles. The highest BCUT2D eigenvalue weighted by Crippen LogP contribution is 2.10. The van der Waals surface area contributed by atoms with E-state index in [9.17, 15) is 9.59 Å². The zero-order valence-corrected chi connectivity index (χ0v) is 11.0. The Bertz CT molecular complexity index is 430. The zero-order valence-electron chi connectivity index (χ0n) is 11.0. The van der Waals surface area contributed by atoms with Crippen molar-refractivity contribution in [2.75, 3.05) is 13.1 Å². The first-order chi connectivity index (χ1) is 9.15. The number of nitrogens with zero attached hydrogens (tertiary/aromatic N) is 1. The monoisotopic (exact) mass is 265 g/mol. The number of carbonyl (C=O) groups is 2. The maximum absolute atomic E-state index is 12.0. The number of carbonyl (C=O) groups excluding carboxylic acids is 2. The quantitative estimate of drug-likeness (QED) is 0.859. The van der Waals surface area contributed by atoms with Gasteiger partial charge in [0.05, 0.1) is 12.5 Å². The van der Waals surface area contributed by atoms with Gasteiger partial charge in [-0.05, 0) is 18.9 Å². The van der Waals surface area contributed by atoms with Crippen LogP contribution in [0.25, 0.3) is 0 Å². The topological polar surface area (TPSA) is 74.6 Å². The first kappa shape index (κ1) is 13.5. The summed E-state index contributed by atoms with van der Waals surface area (Å²) in [6.07, 6.45) is 5.01. The molecule has 1 saturated heterocycles. The lowest BCUT2D eigenvalue weighted by molar-refractivity contribution is -0.119. The molecule has 3 amide bonds. The van der Waals surface area contributed by atoms with Crippen molar-refractivity contribution >= 4 is 11.9 Å². The molecule has 1 aromatic rings. The predicted molar refractivity (Wildman–Crippen MR) is 69.4 cm³/mol. The number of likely N-dealkylation sites (tertiary alicyclic amines) is 1. The number of rotatable bonds is 3. The summed E-state index contributed by atoms with van der Waals surface area (Å²) in [5.41, 5.74) is 0.934. The molecule has 2 rings (SSSR count). The molecule has 0 aromatic carbocycles. The molecule has 0 radical (unpaired) electrons. The van der Waals surface area contributed by atoms with Crippen molar-refractivity contribution in [1.82, 2.24) is 15.5 Å². The molecule has 0 unspecified atom stereocenters. The van der Waals surface area contributed by atoms with Crippen molar-refractivity contribution in [2.24, 2.45) is 0 Å². The van der Waals surface area contributed by atoms with Gasteiger partial charge in [-0.1, -0.05) is 0 Å². The second-order valence-electron chi connectivity index (χ2n) is 4.78. The highest BCUT2D eigenvalue weighted by Gasteiger charge is 2.23. The van der Waals surface area contributed by atoms with E-state index in [1.165, 1.54) is 6.92 Å². The predicted octanol–water partition coefficient (Wildman–Crippen LogP) is 1.09. The first-order valence-corrected chi connectivity index (χ1v) is 6.46. The summed E-state index contributed by atoms with van der Waals surface area (Å²) in [7, 11) is 0. The van der Waals surface area contributed by atoms with E-state index in [0.29, 0.717) is 13.1 Å². The van der Waals surface area contributed by atoms with Crippen LogP contribution >= 0.6 is 0 Å². The number of furan rings is 1. The minimum Gasteiger partial charge on any atom is -0.472 e. The van der Waals surface area contributed by atoms with Gasteiger partial charge in [0.15, 0.2) is 0 Å². The third-order valence-electron chi connectivity index (χ3n) is 3.14. The average Bonchev–Trinajstić information content (AvgIpc) is 2.88. The van der Waals surface area contributed by atoms with Crippen molar-refractivity contribution in [3.8, 4) is 0 Å². The number of hydrogen-bond donors (Lipinski definition) is 2. The van der Waals surface area contributed by atoms with Crippen molar-refractivity contribution in [1.29, 1.82) is 0 Å². The van der Waals surface area contributed by atoms with Crippen molar-refractivity contribution in [2.45, 2.75) is 32.4 Å². The fourth-order valence-corrected chi connectivity index (χ4v) is 2.25. The molecule has 1 aromatic heterocycles. The maximum atomic E-state index is 12.0. The van der Waals surface area contributed by atoms with Gasteiger partial charge in [-0.3, -0.25) is 4.79 Å². The standard InChI is InChI=1S/C13H19N3O3/c1-10(17)15-12-3-2-5-16(8-12)13(18)14-7-11-4-6-19-9-11/h4,6,9,12H,2-3,5,7-8H2,1H3,(H,14,18)(H,15,17)/t12-/m1/s1. The molecule has 104 valence electrons. The molecule has 0 bridgehead atoms. The van der Waals surface area contributed by atoms with Crippen LogP contribution in [0.5, 0.6) is 0 Å². The highest BCUT2D eigenvalue weighted by atomic mass is 16.3. The third-order valence-corrected chi connectivity index (χ3v) is 3.14. The third kappa shape index (κ3) is 4.01. The molecule has 0 saturated carbocycles. The maximum Gasteiger partial charge on any atom is 0.317 e. The van der Waals surface area contributed by atoms with Crippen molar-refractivity contribution in [3.63, 3.8) is 0 Å². The average molecular weight is 265 g/mol. The van der Waals surface area contributed by atoms with Crippen LogP contribution in [-0.4, -0.2) is 36.0 Å². The molecular weight excluding hydrogens is 246 g/mol. The Morgan fingerprint density at radius 1 is 1.53 bits per heavy atom. The minimum atomic E-state index is -0.101. The van der Waals surface area contributed by atoms with Crippen LogP contribution in [-0.2, 0) is 11.3 Å². The summed E-state index contributed by atoms with van der Waals surface area (Å²) in [5.74, 6) is -0.0503. The molecule has 0 spiro atoms. The van der Waals surface area contributed by atoms with E-state index in [-0.39, 0.29) is 18.0 Å². The molecule has 2 N–H and O–H groups in total. The molecule has 1 aliphatic heterocycles. The molecular formula is C13H19N3O3. The van der Waals surface area contributed by atoms with Gasteiger partial charge in [-0.15, -0.1) is 0 Å². The Labute approximate surface area is 112 Å². The number of hydrogen-bond acceptors (Lipinski definition) is 3. The van der Waals surface area contributed by atoms with E-state index in [0.717, 1.165) is 24.9 Å². The van der Waals surface area contributed by atoms with Gasteiger partial charge in [0.25, 0.3) is 0 Å². The van der Waals surface area contributed by atoms with Crippen LogP contribution < -0.4 is 10.6 Å². The fourth-order valence-electron chi connectivity index (χ4n) is 2.25. The Kier molecular flexibility index (Phi) is 4.43. The number of amides is 3. The van der Waals surface area contributed by atoms with E-state index in [2.05, 4.69) is 10.6 Å². The first-order valence-electron chi connectivity index (χ1n) is 6.46. The largest absolute Gasteiger partial charge is 0.472 e. The van der Waals surface area contributed by atoms with Crippen molar-refractivity contribution in [3.05, 3.63) is 24.2 Å². The van der Waals surface area contributed by atoms with Crippen molar-refractivity contribution < 1.29 is 14.0 Å². The fraction of sp³-hybridized carbons (Fsp3) is 0.538. The van der Waals surface area contributed by atoms with Gasteiger partial charge in [0, 0.05) is 38.2 Å². The summed E-state index contributed by atoms with van der Waals surface area (Å²) in [4.78, 5) is 24.8. The number of nitrogens with one attached hydrogen (secondary N) is 2. The summed E-state index contributed by atoms with van der Waals surface area (Å²) < 4.78 is 4.94. The number of piperidine rings is 1. The van der Waals surface area contributed by atoms with Gasteiger partial charge in [-0.25, -0.2) is 4.79 Å². The van der Waals surface area contributed by atoms with Crippen LogP contribution in [0.2, 0.25) is 0 Å². The summed E-state index contributed by atoms with van der Waals surface area (Å²) in [5, 5.41) is 5.70. The highest BCUT2D eigenvalue weighted by molar-refractivity contribution is 5.75. The van der Waals surface area contributed by atoms with E-state index >= 15 is 0 Å². The van der Waals surface area contributed by atoms with E-state index in [1.54, 1.807) is 17.4 Å². The van der Waals surface area contributed by atoms with Gasteiger partial charge < -0.3 is 20.0 Å². The minimum absolute atomic E-state index is 0.0503. The second-order valence-corrected chi connectivity index (χ2v) is 4.78. The van der Waals surface area contributed by atoms with Gasteiger partial charge >= 0.3 is 6.03 Å². The van der Waals surface area contributed by atoms with Gasteiger partial charge in [-0.2, -0.15) is 0 Å². The number of urea groups is 1. The lowest BCUT2D eigenvalue weighted by Gasteiger charge is -2.32. The molecule has 1 fully saturated rings. The Balaban J connectivity index is 1.79. The Hall–Kier alpha value is -1.98. The van der Waals surface area contributed by atoms with E-state index in [4.69, 9.17) is 4.42 Å². The summed E-state index contributed by atoms with van der Waals surface area (Å²) >= 11 is 0. The lowest BCUT2D eigenvalue weighted by atomic mass is 10.1. The molecule has 6 nitrogen and oxygen atoms in total.